The van der Waals surface area contributed by atoms with Crippen LogP contribution in [0.25, 0.3) is 10.2 Å². The van der Waals surface area contributed by atoms with Crippen molar-refractivity contribution in [3.63, 3.8) is 0 Å². The number of aliphatic hydroxyl groups is 1. The Balaban J connectivity index is 1.49. The molecular formula is C21H20FN5O2S. The fourth-order valence-corrected chi connectivity index (χ4v) is 3.77. The van der Waals surface area contributed by atoms with E-state index in [0.29, 0.717) is 30.6 Å². The number of rotatable bonds is 8. The highest BCUT2D eigenvalue weighted by Crippen LogP contribution is 2.27. The molecule has 3 N–H and O–H groups in total. The number of methoxy groups -OCH3 is 1. The highest BCUT2D eigenvalue weighted by Gasteiger charge is 2.17. The second-order valence-electron chi connectivity index (χ2n) is 6.54. The molecule has 4 rings (SSSR count). The third kappa shape index (κ3) is 4.70. The number of nitrogens with zero attached hydrogens (tertiary/aromatic N) is 3. The molecule has 0 radical (unpaired) electrons. The topological polar surface area (TPSA) is 92.2 Å². The first-order valence-electron chi connectivity index (χ1n) is 9.26. The Hall–Kier alpha value is -3.14. The van der Waals surface area contributed by atoms with Gasteiger partial charge in [-0.2, -0.15) is 0 Å². The number of aromatic nitrogens is 3. The summed E-state index contributed by atoms with van der Waals surface area (Å²) in [6, 6.07) is 11.8. The Morgan fingerprint density at radius 3 is 2.80 bits per heavy atom. The molecule has 0 spiro atoms. The zero-order valence-corrected chi connectivity index (χ0v) is 17.0. The van der Waals surface area contributed by atoms with Crippen LogP contribution in [0.5, 0.6) is 5.88 Å². The average molecular weight is 425 g/mol. The quantitative estimate of drug-likeness (QED) is 0.371. The fraction of sp³-hybridized carbons (Fsp3) is 0.190. The number of anilines is 1. The number of pyridine rings is 1. The normalized spacial score (nSPS) is 12.1. The lowest BCUT2D eigenvalue weighted by atomic mass is 10.2. The molecule has 1 aromatic carbocycles. The van der Waals surface area contributed by atoms with Gasteiger partial charge >= 0.3 is 0 Å². The second kappa shape index (κ2) is 9.12. The molecule has 7 nitrogen and oxygen atoms in total. The molecule has 3 heterocycles. The number of nitrogens with one attached hydrogen (secondary N) is 2. The molecule has 9 heteroatoms. The minimum atomic E-state index is -0.994. The number of halogens is 1. The van der Waals surface area contributed by atoms with Gasteiger partial charge in [0.1, 0.15) is 17.7 Å². The van der Waals surface area contributed by atoms with E-state index >= 15 is 0 Å². The van der Waals surface area contributed by atoms with E-state index in [1.54, 1.807) is 25.4 Å². The number of thiophene rings is 1. The summed E-state index contributed by atoms with van der Waals surface area (Å²) in [5, 5.41) is 18.8. The van der Waals surface area contributed by atoms with Gasteiger partial charge in [0.25, 0.3) is 0 Å². The van der Waals surface area contributed by atoms with Gasteiger partial charge in [-0.05, 0) is 34.7 Å². The molecule has 0 saturated carbocycles. The first-order chi connectivity index (χ1) is 14.6. The van der Waals surface area contributed by atoms with Gasteiger partial charge in [-0.25, -0.2) is 19.3 Å². The van der Waals surface area contributed by atoms with E-state index < -0.39 is 6.23 Å². The Kier molecular flexibility index (Phi) is 6.12. The second-order valence-corrected chi connectivity index (χ2v) is 7.46. The minimum absolute atomic E-state index is 0.295. The largest absolute Gasteiger partial charge is 0.481 e. The van der Waals surface area contributed by atoms with Crippen molar-refractivity contribution in [2.24, 2.45) is 0 Å². The predicted molar refractivity (Wildman–Crippen MR) is 114 cm³/mol. The van der Waals surface area contributed by atoms with Crippen molar-refractivity contribution >= 4 is 27.5 Å². The molecule has 30 heavy (non-hydrogen) atoms. The number of hydrogen-bond acceptors (Lipinski definition) is 8. The third-order valence-corrected chi connectivity index (χ3v) is 5.36. The molecule has 1 unspecified atom stereocenters. The third-order valence-electron chi connectivity index (χ3n) is 4.43. The van der Waals surface area contributed by atoms with Crippen LogP contribution < -0.4 is 15.4 Å². The monoisotopic (exact) mass is 425 g/mol. The van der Waals surface area contributed by atoms with Crippen LogP contribution in [-0.2, 0) is 13.1 Å². The van der Waals surface area contributed by atoms with Gasteiger partial charge in [-0.15, -0.1) is 11.3 Å². The van der Waals surface area contributed by atoms with Crippen LogP contribution >= 0.6 is 11.3 Å². The van der Waals surface area contributed by atoms with Crippen LogP contribution in [0.1, 0.15) is 23.0 Å². The minimum Gasteiger partial charge on any atom is -0.481 e. The van der Waals surface area contributed by atoms with Crippen molar-refractivity contribution < 1.29 is 14.2 Å². The molecule has 0 aliphatic heterocycles. The number of aliphatic hydroxyl groups excluding tert-OH is 1. The van der Waals surface area contributed by atoms with Gasteiger partial charge in [-0.1, -0.05) is 18.2 Å². The Morgan fingerprint density at radius 2 is 2.03 bits per heavy atom. The molecule has 4 aromatic rings. The maximum absolute atomic E-state index is 13.4. The van der Waals surface area contributed by atoms with Crippen molar-refractivity contribution in [3.05, 3.63) is 76.7 Å². The lowest BCUT2D eigenvalue weighted by Gasteiger charge is -2.15. The standard InChI is InChI=1S/C21H20FN5O2S/c1-29-17-6-5-14(11-23-17)12-24-20(28)18-19-16(7-8-30-19)26-21(27-18)25-10-13-3-2-4-15(22)9-13/h2-9,11,20,24,28H,10,12H2,1H3,(H,25,26,27). The molecule has 3 aromatic heterocycles. The molecule has 0 amide bonds. The van der Waals surface area contributed by atoms with Crippen LogP contribution in [0.4, 0.5) is 10.3 Å². The summed E-state index contributed by atoms with van der Waals surface area (Å²) < 4.78 is 19.2. The molecule has 0 fully saturated rings. The van der Waals surface area contributed by atoms with Gasteiger partial charge < -0.3 is 15.2 Å². The van der Waals surface area contributed by atoms with E-state index in [-0.39, 0.29) is 5.82 Å². The van der Waals surface area contributed by atoms with Crippen molar-refractivity contribution in [1.82, 2.24) is 20.3 Å². The summed E-state index contributed by atoms with van der Waals surface area (Å²) in [5.41, 5.74) is 2.89. The summed E-state index contributed by atoms with van der Waals surface area (Å²) in [5.74, 6) is 0.605. The van der Waals surface area contributed by atoms with Gasteiger partial charge in [0, 0.05) is 25.4 Å². The van der Waals surface area contributed by atoms with Gasteiger partial charge in [0.2, 0.25) is 11.8 Å². The molecule has 0 aliphatic carbocycles. The van der Waals surface area contributed by atoms with Crippen LogP contribution in [0.15, 0.2) is 54.0 Å². The summed E-state index contributed by atoms with van der Waals surface area (Å²) in [7, 11) is 1.56. The van der Waals surface area contributed by atoms with E-state index in [0.717, 1.165) is 21.3 Å². The van der Waals surface area contributed by atoms with Crippen LogP contribution in [-0.4, -0.2) is 27.2 Å². The first-order valence-corrected chi connectivity index (χ1v) is 10.1. The van der Waals surface area contributed by atoms with E-state index in [4.69, 9.17) is 4.74 Å². The number of hydrogen-bond donors (Lipinski definition) is 3. The lowest BCUT2D eigenvalue weighted by Crippen LogP contribution is -2.22. The molecule has 154 valence electrons. The Morgan fingerprint density at radius 1 is 1.13 bits per heavy atom. The van der Waals surface area contributed by atoms with E-state index in [1.807, 2.05) is 23.6 Å². The average Bonchev–Trinajstić information content (AvgIpc) is 3.24. The maximum atomic E-state index is 13.4. The maximum Gasteiger partial charge on any atom is 0.223 e. The molecule has 0 aliphatic rings. The van der Waals surface area contributed by atoms with Crippen LogP contribution in [0, 0.1) is 5.82 Å². The van der Waals surface area contributed by atoms with Gasteiger partial charge in [-0.3, -0.25) is 5.32 Å². The van der Waals surface area contributed by atoms with Gasteiger partial charge in [0.05, 0.1) is 17.3 Å². The highest BCUT2D eigenvalue weighted by molar-refractivity contribution is 7.17. The van der Waals surface area contributed by atoms with Gasteiger partial charge in [0.15, 0.2) is 0 Å². The molecule has 0 saturated heterocycles. The van der Waals surface area contributed by atoms with Crippen molar-refractivity contribution in [1.29, 1.82) is 0 Å². The van der Waals surface area contributed by atoms with Crippen molar-refractivity contribution in [2.75, 3.05) is 12.4 Å². The summed E-state index contributed by atoms with van der Waals surface area (Å²) >= 11 is 1.46. The molecule has 1 atom stereocenters. The smallest absolute Gasteiger partial charge is 0.223 e. The molecule has 0 bridgehead atoms. The Bertz CT molecular complexity index is 1140. The molecular weight excluding hydrogens is 405 g/mol. The number of ether oxygens (including phenoxy) is 1. The highest BCUT2D eigenvalue weighted by atomic mass is 32.1. The van der Waals surface area contributed by atoms with Crippen molar-refractivity contribution in [2.45, 2.75) is 19.3 Å². The number of fused-ring (bicyclic) bond motifs is 1. The number of benzene rings is 1. The fourth-order valence-electron chi connectivity index (χ4n) is 2.93. The SMILES string of the molecule is COc1ccc(CNC(O)c2nc(NCc3cccc(F)c3)nc3ccsc23)cn1. The zero-order chi connectivity index (χ0) is 20.9. The van der Waals surface area contributed by atoms with Crippen LogP contribution in [0.3, 0.4) is 0 Å². The zero-order valence-electron chi connectivity index (χ0n) is 16.2. The van der Waals surface area contributed by atoms with E-state index in [9.17, 15) is 9.50 Å². The van der Waals surface area contributed by atoms with Crippen LogP contribution in [0.2, 0.25) is 0 Å². The first kappa shape index (κ1) is 20.1. The summed E-state index contributed by atoms with van der Waals surface area (Å²) in [6.45, 7) is 0.773. The van der Waals surface area contributed by atoms with E-state index in [1.165, 1.54) is 23.5 Å². The lowest BCUT2D eigenvalue weighted by molar-refractivity contribution is 0.134. The van der Waals surface area contributed by atoms with Crippen molar-refractivity contribution in [3.8, 4) is 5.88 Å². The summed E-state index contributed by atoms with van der Waals surface area (Å²) in [4.78, 5) is 13.1. The summed E-state index contributed by atoms with van der Waals surface area (Å²) in [6.07, 6.45) is 0.691. The Labute approximate surface area is 176 Å². The predicted octanol–water partition coefficient (Wildman–Crippen LogP) is 3.63. The van der Waals surface area contributed by atoms with E-state index in [2.05, 4.69) is 25.6 Å².